The van der Waals surface area contributed by atoms with Gasteiger partial charge in [0.1, 0.15) is 0 Å². The number of piperidine rings is 1. The minimum Gasteiger partial charge on any atom is -0.354 e. The van der Waals surface area contributed by atoms with Gasteiger partial charge in [-0.2, -0.15) is 0 Å². The number of hydrogen-bond acceptors (Lipinski definition) is 3. The Morgan fingerprint density at radius 2 is 2.11 bits per heavy atom. The van der Waals surface area contributed by atoms with Gasteiger partial charge in [0.25, 0.3) is 0 Å². The lowest BCUT2D eigenvalue weighted by atomic mass is 9.97. The van der Waals surface area contributed by atoms with Gasteiger partial charge in [-0.3, -0.25) is 9.59 Å². The molecule has 5 nitrogen and oxygen atoms in total. The Morgan fingerprint density at radius 1 is 1.42 bits per heavy atom. The van der Waals surface area contributed by atoms with Crippen molar-refractivity contribution in [3.05, 3.63) is 0 Å². The van der Waals surface area contributed by atoms with Crippen LogP contribution in [0.4, 0.5) is 0 Å². The predicted molar refractivity (Wildman–Crippen MR) is 78.4 cm³/mol. The van der Waals surface area contributed by atoms with E-state index >= 15 is 0 Å². The van der Waals surface area contributed by atoms with Crippen LogP contribution in [0.1, 0.15) is 33.1 Å². The van der Waals surface area contributed by atoms with E-state index < -0.39 is 0 Å². The lowest BCUT2D eigenvalue weighted by molar-refractivity contribution is -0.135. The first-order valence-electron chi connectivity index (χ1n) is 6.81. The van der Waals surface area contributed by atoms with Gasteiger partial charge in [-0.05, 0) is 26.8 Å². The predicted octanol–water partition coefficient (Wildman–Crippen LogP) is 0.781. The molecule has 19 heavy (non-hydrogen) atoms. The average molecular weight is 292 g/mol. The SMILES string of the molecule is CCC(=O)N1CCCC(C(=O)NCC(C)NC)C1.Cl. The Balaban J connectivity index is 0.00000324. The van der Waals surface area contributed by atoms with Crippen LogP contribution in [0.5, 0.6) is 0 Å². The maximum absolute atomic E-state index is 12.0. The number of nitrogens with zero attached hydrogens (tertiary/aromatic N) is 1. The van der Waals surface area contributed by atoms with E-state index in [-0.39, 0.29) is 36.2 Å². The van der Waals surface area contributed by atoms with E-state index in [9.17, 15) is 9.59 Å². The summed E-state index contributed by atoms with van der Waals surface area (Å²) in [7, 11) is 1.87. The van der Waals surface area contributed by atoms with Gasteiger partial charge in [-0.15, -0.1) is 12.4 Å². The number of carbonyl (C=O) groups excluding carboxylic acids is 2. The van der Waals surface area contributed by atoms with Crippen LogP contribution < -0.4 is 10.6 Å². The van der Waals surface area contributed by atoms with Gasteiger partial charge >= 0.3 is 0 Å². The van der Waals surface area contributed by atoms with E-state index in [2.05, 4.69) is 10.6 Å². The number of hydrogen-bond donors (Lipinski definition) is 2. The molecule has 1 fully saturated rings. The van der Waals surface area contributed by atoms with Crippen molar-refractivity contribution in [2.45, 2.75) is 39.2 Å². The number of likely N-dealkylation sites (N-methyl/N-ethyl adjacent to an activating group) is 1. The first-order chi connectivity index (χ1) is 8.58. The molecule has 0 aromatic carbocycles. The number of carbonyl (C=O) groups is 2. The second kappa shape index (κ2) is 9.15. The summed E-state index contributed by atoms with van der Waals surface area (Å²) in [5.41, 5.74) is 0. The van der Waals surface area contributed by atoms with Crippen LogP contribution in [0.2, 0.25) is 0 Å². The molecule has 1 aliphatic rings. The van der Waals surface area contributed by atoms with Crippen LogP contribution in [0.3, 0.4) is 0 Å². The molecule has 6 heteroatoms. The van der Waals surface area contributed by atoms with Gasteiger partial charge in [-0.25, -0.2) is 0 Å². The lowest BCUT2D eigenvalue weighted by Crippen LogP contribution is -2.47. The van der Waals surface area contributed by atoms with Gasteiger partial charge in [0.2, 0.25) is 11.8 Å². The third-order valence-electron chi connectivity index (χ3n) is 3.52. The molecule has 2 atom stereocenters. The Bertz CT molecular complexity index is 300. The molecule has 0 saturated carbocycles. The number of likely N-dealkylation sites (tertiary alicyclic amines) is 1. The molecule has 0 radical (unpaired) electrons. The van der Waals surface area contributed by atoms with Crippen molar-refractivity contribution in [1.82, 2.24) is 15.5 Å². The maximum Gasteiger partial charge on any atom is 0.224 e. The second-order valence-electron chi connectivity index (χ2n) is 4.97. The van der Waals surface area contributed by atoms with E-state index in [0.717, 1.165) is 19.4 Å². The molecule has 112 valence electrons. The quantitative estimate of drug-likeness (QED) is 0.787. The van der Waals surface area contributed by atoms with E-state index in [0.29, 0.717) is 19.5 Å². The molecule has 1 rings (SSSR count). The van der Waals surface area contributed by atoms with Crippen molar-refractivity contribution in [2.75, 3.05) is 26.7 Å². The number of rotatable bonds is 5. The number of nitrogens with one attached hydrogen (secondary N) is 2. The summed E-state index contributed by atoms with van der Waals surface area (Å²) < 4.78 is 0. The molecular formula is C13H26ClN3O2. The van der Waals surface area contributed by atoms with Crippen molar-refractivity contribution in [3.63, 3.8) is 0 Å². The zero-order valence-corrected chi connectivity index (χ0v) is 12.9. The normalized spacial score (nSPS) is 20.4. The molecule has 1 heterocycles. The van der Waals surface area contributed by atoms with Crippen LogP contribution in [-0.2, 0) is 9.59 Å². The minimum absolute atomic E-state index is 0. The van der Waals surface area contributed by atoms with Crippen molar-refractivity contribution in [2.24, 2.45) is 5.92 Å². The van der Waals surface area contributed by atoms with E-state index in [4.69, 9.17) is 0 Å². The topological polar surface area (TPSA) is 61.4 Å². The zero-order valence-electron chi connectivity index (χ0n) is 12.1. The summed E-state index contributed by atoms with van der Waals surface area (Å²) in [6, 6.07) is 0.269. The Morgan fingerprint density at radius 3 is 2.68 bits per heavy atom. The highest BCUT2D eigenvalue weighted by atomic mass is 35.5. The van der Waals surface area contributed by atoms with Crippen molar-refractivity contribution < 1.29 is 9.59 Å². The molecule has 1 aliphatic heterocycles. The zero-order chi connectivity index (χ0) is 13.5. The summed E-state index contributed by atoms with van der Waals surface area (Å²) in [6.07, 6.45) is 2.32. The highest BCUT2D eigenvalue weighted by Crippen LogP contribution is 2.17. The Labute approximate surface area is 121 Å². The fourth-order valence-electron chi connectivity index (χ4n) is 2.14. The summed E-state index contributed by atoms with van der Waals surface area (Å²) >= 11 is 0. The van der Waals surface area contributed by atoms with E-state index in [1.165, 1.54) is 0 Å². The minimum atomic E-state index is -0.0432. The summed E-state index contributed by atoms with van der Waals surface area (Å²) in [5, 5.41) is 6.02. The monoisotopic (exact) mass is 291 g/mol. The smallest absolute Gasteiger partial charge is 0.224 e. The summed E-state index contributed by atoms with van der Waals surface area (Å²) in [4.78, 5) is 25.4. The fraction of sp³-hybridized carbons (Fsp3) is 0.846. The molecule has 0 aliphatic carbocycles. The second-order valence-corrected chi connectivity index (χ2v) is 4.97. The molecule has 2 N–H and O–H groups in total. The first-order valence-corrected chi connectivity index (χ1v) is 6.81. The third-order valence-corrected chi connectivity index (χ3v) is 3.52. The van der Waals surface area contributed by atoms with E-state index in [1.807, 2.05) is 25.8 Å². The third kappa shape index (κ3) is 5.78. The standard InChI is InChI=1S/C13H25N3O2.ClH/c1-4-12(17)16-7-5-6-11(9-16)13(18)15-8-10(2)14-3;/h10-11,14H,4-9H2,1-3H3,(H,15,18);1H. The largest absolute Gasteiger partial charge is 0.354 e. The van der Waals surface area contributed by atoms with E-state index in [1.54, 1.807) is 0 Å². The van der Waals surface area contributed by atoms with Gasteiger partial charge in [0.05, 0.1) is 5.92 Å². The van der Waals surface area contributed by atoms with Gasteiger partial charge in [0, 0.05) is 32.1 Å². The molecule has 2 amide bonds. The van der Waals surface area contributed by atoms with Gasteiger partial charge in [0.15, 0.2) is 0 Å². The van der Waals surface area contributed by atoms with Crippen LogP contribution in [0.15, 0.2) is 0 Å². The van der Waals surface area contributed by atoms with Crippen molar-refractivity contribution in [1.29, 1.82) is 0 Å². The van der Waals surface area contributed by atoms with Crippen molar-refractivity contribution >= 4 is 24.2 Å². The fourth-order valence-corrected chi connectivity index (χ4v) is 2.14. The maximum atomic E-state index is 12.0. The molecular weight excluding hydrogens is 266 g/mol. The molecule has 0 bridgehead atoms. The number of amides is 2. The lowest BCUT2D eigenvalue weighted by Gasteiger charge is -2.32. The number of halogens is 1. The Hall–Kier alpha value is -0.810. The summed E-state index contributed by atoms with van der Waals surface area (Å²) in [6.45, 7) is 5.89. The van der Waals surface area contributed by atoms with Gasteiger partial charge < -0.3 is 15.5 Å². The van der Waals surface area contributed by atoms with Crippen LogP contribution >= 0.6 is 12.4 Å². The molecule has 0 aromatic heterocycles. The summed E-state index contributed by atoms with van der Waals surface area (Å²) in [5.74, 6) is 0.181. The highest BCUT2D eigenvalue weighted by Gasteiger charge is 2.27. The molecule has 1 saturated heterocycles. The van der Waals surface area contributed by atoms with Crippen LogP contribution in [-0.4, -0.2) is 49.4 Å². The highest BCUT2D eigenvalue weighted by molar-refractivity contribution is 5.85. The molecule has 0 aromatic rings. The average Bonchev–Trinajstić information content (AvgIpc) is 2.43. The van der Waals surface area contributed by atoms with Gasteiger partial charge in [-0.1, -0.05) is 6.92 Å². The van der Waals surface area contributed by atoms with Crippen molar-refractivity contribution in [3.8, 4) is 0 Å². The Kier molecular flexibility index (Phi) is 8.76. The van der Waals surface area contributed by atoms with Crippen LogP contribution in [0.25, 0.3) is 0 Å². The first kappa shape index (κ1) is 18.2. The molecule has 0 spiro atoms. The van der Waals surface area contributed by atoms with Crippen LogP contribution in [0, 0.1) is 5.92 Å². The molecule has 2 unspecified atom stereocenters.